The number of carbonyl (C=O) groups is 3. The molecule has 11 nitrogen and oxygen atoms in total. The molecule has 0 aliphatic rings. The fraction of sp³-hybridized carbons (Fsp3) is 0.130. The summed E-state index contributed by atoms with van der Waals surface area (Å²) in [5, 5.41) is 34.9. The average Bonchev–Trinajstić information content (AvgIpc) is 2.80. The van der Waals surface area contributed by atoms with Gasteiger partial charge in [-0.1, -0.05) is 48.5 Å². The van der Waals surface area contributed by atoms with E-state index in [1.807, 2.05) is 5.32 Å². The Morgan fingerprint density at radius 3 is 2.31 bits per heavy atom. The van der Waals surface area contributed by atoms with Crippen LogP contribution in [0.15, 0.2) is 65.6 Å². The van der Waals surface area contributed by atoms with Gasteiger partial charge < -0.3 is 31.7 Å². The minimum Gasteiger partial charge on any atom is -0.506 e. The largest absolute Gasteiger partial charge is 0.506 e. The number of hydrogen-bond acceptors (Lipinski definition) is 7. The molecule has 1 aromatic heterocycles. The number of carboxylic acids is 1. The Balaban J connectivity index is 2.63. The maximum Gasteiger partial charge on any atom is 0.322 e. The van der Waals surface area contributed by atoms with Gasteiger partial charge in [0.15, 0.2) is 5.75 Å². The summed E-state index contributed by atoms with van der Waals surface area (Å²) in [7, 11) is 0. The fourth-order valence-electron chi connectivity index (χ4n) is 3.02. The van der Waals surface area contributed by atoms with Crippen molar-refractivity contribution in [1.82, 2.24) is 15.2 Å². The number of carbonyl (C=O) groups excluding carboxylic acids is 2. The molecule has 0 unspecified atom stereocenters. The smallest absolute Gasteiger partial charge is 0.322 e. The third kappa shape index (κ3) is 6.51. The summed E-state index contributed by atoms with van der Waals surface area (Å²) >= 11 is 6.14. The van der Waals surface area contributed by atoms with Crippen LogP contribution in [0.5, 0.6) is 11.6 Å². The maximum atomic E-state index is 13.0. The minimum absolute atomic E-state index is 0.110. The number of aromatic hydroxyl groups is 2. The normalized spacial score (nSPS) is 11.3. The molecule has 2 amide bonds. The van der Waals surface area contributed by atoms with Crippen LogP contribution in [0.3, 0.4) is 0 Å². The molecule has 0 spiro atoms. The predicted molar refractivity (Wildman–Crippen MR) is 128 cm³/mol. The molecule has 1 heterocycles. The van der Waals surface area contributed by atoms with Gasteiger partial charge >= 0.3 is 5.97 Å². The lowest BCUT2D eigenvalue weighted by atomic mass is 10.1. The highest BCUT2D eigenvalue weighted by molar-refractivity contribution is 6.31. The molecule has 0 fully saturated rings. The summed E-state index contributed by atoms with van der Waals surface area (Å²) in [5.74, 6) is -5.73. The van der Waals surface area contributed by atoms with E-state index in [2.05, 4.69) is 11.9 Å². The maximum absolute atomic E-state index is 13.0. The van der Waals surface area contributed by atoms with Gasteiger partial charge in [-0.25, -0.2) is 0 Å². The number of allylic oxidation sites excluding steroid dienone is 2. The number of halogens is 1. The van der Waals surface area contributed by atoms with Crippen LogP contribution in [-0.2, 0) is 11.3 Å². The van der Waals surface area contributed by atoms with Crippen molar-refractivity contribution in [3.8, 4) is 11.6 Å². The van der Waals surface area contributed by atoms with E-state index >= 15 is 0 Å². The van der Waals surface area contributed by atoms with Gasteiger partial charge in [-0.15, -0.1) is 0 Å². The number of hydrogen-bond donors (Lipinski definition) is 6. The van der Waals surface area contributed by atoms with Crippen molar-refractivity contribution in [2.75, 3.05) is 13.1 Å². The zero-order valence-corrected chi connectivity index (χ0v) is 19.1. The van der Waals surface area contributed by atoms with Gasteiger partial charge in [0.25, 0.3) is 17.4 Å². The van der Waals surface area contributed by atoms with Crippen LogP contribution >= 0.6 is 11.6 Å². The molecule has 0 saturated carbocycles. The summed E-state index contributed by atoms with van der Waals surface area (Å²) in [5.41, 5.74) is 3.38. The van der Waals surface area contributed by atoms with Crippen molar-refractivity contribution >= 4 is 29.4 Å². The Kier molecular flexibility index (Phi) is 9.24. The molecule has 0 atom stereocenters. The molecule has 2 rings (SSSR count). The van der Waals surface area contributed by atoms with E-state index in [9.17, 15) is 29.4 Å². The molecule has 35 heavy (non-hydrogen) atoms. The van der Waals surface area contributed by atoms with Gasteiger partial charge in [0, 0.05) is 11.6 Å². The number of nitrogens with one attached hydrogen (secondary N) is 2. The second-order valence-corrected chi connectivity index (χ2v) is 7.41. The predicted octanol–water partition coefficient (Wildman–Crippen LogP) is 1.09. The number of amides is 2. The van der Waals surface area contributed by atoms with Gasteiger partial charge in [0.05, 0.1) is 6.54 Å². The van der Waals surface area contributed by atoms with Gasteiger partial charge in [-0.3, -0.25) is 23.7 Å². The fourth-order valence-corrected chi connectivity index (χ4v) is 3.21. The Morgan fingerprint density at radius 1 is 1.09 bits per heavy atom. The first-order valence-electron chi connectivity index (χ1n) is 10.0. The lowest BCUT2D eigenvalue weighted by Crippen LogP contribution is -2.37. The first-order chi connectivity index (χ1) is 16.6. The van der Waals surface area contributed by atoms with Crippen LogP contribution in [0, 0.1) is 0 Å². The third-order valence-corrected chi connectivity index (χ3v) is 5.02. The van der Waals surface area contributed by atoms with E-state index in [0.717, 1.165) is 0 Å². The van der Waals surface area contributed by atoms with Crippen LogP contribution in [0.1, 0.15) is 26.3 Å². The van der Waals surface area contributed by atoms with Crippen molar-refractivity contribution < 1.29 is 29.7 Å². The highest BCUT2D eigenvalue weighted by atomic mass is 35.5. The lowest BCUT2D eigenvalue weighted by Gasteiger charge is -2.17. The zero-order chi connectivity index (χ0) is 26.1. The van der Waals surface area contributed by atoms with Crippen LogP contribution in [-0.4, -0.2) is 50.8 Å². The Bertz CT molecular complexity index is 1280. The Hall–Kier alpha value is -4.51. The van der Waals surface area contributed by atoms with E-state index in [1.165, 1.54) is 24.4 Å². The van der Waals surface area contributed by atoms with Crippen molar-refractivity contribution in [1.29, 1.82) is 0 Å². The molecule has 0 aliphatic heterocycles. The molecule has 184 valence electrons. The Morgan fingerprint density at radius 2 is 1.71 bits per heavy atom. The molecular weight excluding hydrogens is 480 g/mol. The Labute approximate surface area is 204 Å². The number of aliphatic carboxylic acids is 1. The second kappa shape index (κ2) is 12.1. The average molecular weight is 503 g/mol. The van der Waals surface area contributed by atoms with E-state index in [4.69, 9.17) is 22.4 Å². The van der Waals surface area contributed by atoms with Gasteiger partial charge in [-0.2, -0.15) is 0 Å². The first-order valence-corrected chi connectivity index (χ1v) is 10.4. The summed E-state index contributed by atoms with van der Waals surface area (Å²) in [6.07, 6.45) is 5.70. The number of rotatable bonds is 10. The monoisotopic (exact) mass is 502 g/mol. The molecular formula is C23H23ClN4O7. The topological polar surface area (TPSA) is 184 Å². The lowest BCUT2D eigenvalue weighted by molar-refractivity contribution is -0.135. The van der Waals surface area contributed by atoms with Crippen LogP contribution < -0.4 is 21.9 Å². The van der Waals surface area contributed by atoms with Crippen LogP contribution in [0.25, 0.3) is 0 Å². The molecule has 0 radical (unpaired) electrons. The highest BCUT2D eigenvalue weighted by Crippen LogP contribution is 2.29. The van der Waals surface area contributed by atoms with Gasteiger partial charge in [-0.05, 0) is 29.5 Å². The quantitative estimate of drug-likeness (QED) is 0.261. The highest BCUT2D eigenvalue weighted by Gasteiger charge is 2.30. The number of nitrogens with two attached hydrogens (primary N) is 1. The van der Waals surface area contributed by atoms with Crippen LogP contribution in [0.4, 0.5) is 0 Å². The molecule has 0 bridgehead atoms. The first kappa shape index (κ1) is 26.7. The zero-order valence-electron chi connectivity index (χ0n) is 18.3. The summed E-state index contributed by atoms with van der Waals surface area (Å²) in [6.45, 7) is 2.22. The second-order valence-electron chi connectivity index (χ2n) is 7.00. The molecule has 7 N–H and O–H groups in total. The van der Waals surface area contributed by atoms with Gasteiger partial charge in [0.2, 0.25) is 5.88 Å². The number of pyridine rings is 1. The van der Waals surface area contributed by atoms with Gasteiger partial charge in [0.1, 0.15) is 17.7 Å². The standard InChI is InChI=1S/C23H23ClN4O7/c1-2-5-13(8-9-25)10-26-20(32)17-19(31)18(21(33)27-11-16(29)30)23(35)28(22(17)34)12-14-6-3-4-7-15(14)24/h2-9,31,34H,1,10-12,25H2,(H,26,32)(H,27,33)(H,29,30)/b9-8-,13-5+. The third-order valence-electron chi connectivity index (χ3n) is 4.65. The molecule has 0 aliphatic carbocycles. The van der Waals surface area contributed by atoms with Crippen molar-refractivity contribution in [3.05, 3.63) is 92.9 Å². The molecule has 1 aromatic carbocycles. The van der Waals surface area contributed by atoms with E-state index in [1.54, 1.807) is 24.3 Å². The van der Waals surface area contributed by atoms with E-state index < -0.39 is 52.6 Å². The summed E-state index contributed by atoms with van der Waals surface area (Å²) < 4.78 is 0.672. The van der Waals surface area contributed by atoms with Crippen molar-refractivity contribution in [3.63, 3.8) is 0 Å². The van der Waals surface area contributed by atoms with Crippen molar-refractivity contribution in [2.45, 2.75) is 6.54 Å². The van der Waals surface area contributed by atoms with Crippen LogP contribution in [0.2, 0.25) is 5.02 Å². The molecule has 0 saturated heterocycles. The number of carboxylic acid groups (broad SMARTS) is 1. The SMILES string of the molecule is C=C/C=C(\C=C/N)CNC(=O)c1c(O)c(C(=O)NCC(=O)O)c(=O)n(Cc2ccccc2Cl)c1O. The van der Waals surface area contributed by atoms with E-state index in [-0.39, 0.29) is 18.1 Å². The van der Waals surface area contributed by atoms with Crippen molar-refractivity contribution in [2.24, 2.45) is 5.73 Å². The summed E-state index contributed by atoms with van der Waals surface area (Å²) in [6, 6.07) is 6.34. The molecule has 2 aromatic rings. The van der Waals surface area contributed by atoms with E-state index in [0.29, 0.717) is 15.7 Å². The number of aromatic nitrogens is 1. The number of benzene rings is 1. The molecule has 12 heteroatoms. The summed E-state index contributed by atoms with van der Waals surface area (Å²) in [4.78, 5) is 49.3. The number of nitrogens with zero attached hydrogens (tertiary/aromatic N) is 1. The minimum atomic E-state index is -1.40.